The zero-order valence-electron chi connectivity index (χ0n) is 22.3. The standard InChI is InChI=1S/C30H28ClFN6O3.CH4/c1-37(28(39)12-9-20-7-4-8-25(32)29(20)31)23(10-11-27-35-18-24-17-33-13-14-38(24)27)19-41-30(40)36-26-15-21-5-2-3-6-22(21)16-34-26;/h2-8,13-18,23H,9-12,19H2,1H3,(H,34,36,40);1H4/t23-;/m0./s1. The third-order valence-corrected chi connectivity index (χ3v) is 7.38. The first-order chi connectivity index (χ1) is 19.9. The molecule has 0 saturated carbocycles. The van der Waals surface area contributed by atoms with Crippen molar-refractivity contribution < 1.29 is 18.7 Å². The Labute approximate surface area is 248 Å². The van der Waals surface area contributed by atoms with Crippen molar-refractivity contribution in [2.45, 2.75) is 39.2 Å². The Morgan fingerprint density at radius 3 is 2.71 bits per heavy atom. The van der Waals surface area contributed by atoms with E-state index in [9.17, 15) is 14.0 Å². The molecule has 0 aliphatic rings. The number of carbonyl (C=O) groups is 2. The van der Waals surface area contributed by atoms with Gasteiger partial charge in [0, 0.05) is 43.9 Å². The number of ether oxygens (including phenoxy) is 1. The van der Waals surface area contributed by atoms with Gasteiger partial charge in [0.25, 0.3) is 0 Å². The maximum Gasteiger partial charge on any atom is 0.412 e. The number of amides is 2. The van der Waals surface area contributed by atoms with E-state index in [4.69, 9.17) is 16.3 Å². The van der Waals surface area contributed by atoms with Gasteiger partial charge >= 0.3 is 6.09 Å². The van der Waals surface area contributed by atoms with Gasteiger partial charge in [0.15, 0.2) is 0 Å². The molecular formula is C31H32ClFN6O3. The first-order valence-corrected chi connectivity index (χ1v) is 13.5. The second-order valence-electron chi connectivity index (χ2n) is 9.60. The van der Waals surface area contributed by atoms with E-state index < -0.39 is 18.0 Å². The van der Waals surface area contributed by atoms with E-state index in [-0.39, 0.29) is 37.8 Å². The molecule has 218 valence electrons. The second-order valence-corrected chi connectivity index (χ2v) is 9.97. The van der Waals surface area contributed by atoms with Crippen LogP contribution in [0.4, 0.5) is 15.0 Å². The number of benzene rings is 2. The number of nitrogens with zero attached hydrogens (tertiary/aromatic N) is 5. The Hall–Kier alpha value is -4.57. The van der Waals surface area contributed by atoms with Crippen LogP contribution >= 0.6 is 11.6 Å². The van der Waals surface area contributed by atoms with E-state index in [2.05, 4.69) is 20.3 Å². The summed E-state index contributed by atoms with van der Waals surface area (Å²) in [5.74, 6) is 0.446. The number of fused-ring (bicyclic) bond motifs is 2. The van der Waals surface area contributed by atoms with Gasteiger partial charge in [-0.1, -0.05) is 55.4 Å². The summed E-state index contributed by atoms with van der Waals surface area (Å²) in [5, 5.41) is 4.56. The Morgan fingerprint density at radius 2 is 1.88 bits per heavy atom. The smallest absolute Gasteiger partial charge is 0.412 e. The molecule has 5 aromatic rings. The van der Waals surface area contributed by atoms with Gasteiger partial charge in [-0.3, -0.25) is 15.1 Å². The lowest BCUT2D eigenvalue weighted by atomic mass is 10.1. The summed E-state index contributed by atoms with van der Waals surface area (Å²) in [4.78, 5) is 40.3. The normalized spacial score (nSPS) is 11.6. The Morgan fingerprint density at radius 1 is 1.07 bits per heavy atom. The first-order valence-electron chi connectivity index (χ1n) is 13.1. The fourth-order valence-corrected chi connectivity index (χ4v) is 4.82. The summed E-state index contributed by atoms with van der Waals surface area (Å²) in [6.45, 7) is -0.0484. The summed E-state index contributed by atoms with van der Waals surface area (Å²) in [5.41, 5.74) is 1.41. The lowest BCUT2D eigenvalue weighted by Crippen LogP contribution is -2.41. The average Bonchev–Trinajstić information content (AvgIpc) is 3.40. The molecule has 0 unspecified atom stereocenters. The van der Waals surface area contributed by atoms with E-state index in [0.717, 1.165) is 22.1 Å². The molecule has 2 amide bonds. The molecule has 11 heteroatoms. The van der Waals surface area contributed by atoms with Gasteiger partial charge in [0.05, 0.1) is 29.0 Å². The molecule has 0 fully saturated rings. The second kappa shape index (κ2) is 13.9. The van der Waals surface area contributed by atoms with Crippen LogP contribution < -0.4 is 5.32 Å². The fourth-order valence-electron chi connectivity index (χ4n) is 4.60. The van der Waals surface area contributed by atoms with Crippen molar-refractivity contribution in [3.63, 3.8) is 0 Å². The highest BCUT2D eigenvalue weighted by atomic mass is 35.5. The molecule has 1 N–H and O–H groups in total. The predicted octanol–water partition coefficient (Wildman–Crippen LogP) is 6.35. The van der Waals surface area contributed by atoms with Crippen LogP contribution in [-0.2, 0) is 22.4 Å². The van der Waals surface area contributed by atoms with Gasteiger partial charge in [-0.15, -0.1) is 0 Å². The molecule has 0 aliphatic carbocycles. The summed E-state index contributed by atoms with van der Waals surface area (Å²) < 4.78 is 21.3. The largest absolute Gasteiger partial charge is 0.447 e. The van der Waals surface area contributed by atoms with Crippen molar-refractivity contribution in [2.24, 2.45) is 0 Å². The van der Waals surface area contributed by atoms with Crippen LogP contribution in [0, 0.1) is 5.82 Å². The minimum atomic E-state index is -0.678. The third-order valence-electron chi connectivity index (χ3n) is 6.96. The van der Waals surface area contributed by atoms with Crippen molar-refractivity contribution in [1.29, 1.82) is 0 Å². The number of halogens is 2. The topological polar surface area (TPSA) is 102 Å². The molecule has 3 heterocycles. The summed E-state index contributed by atoms with van der Waals surface area (Å²) in [7, 11) is 1.67. The predicted molar refractivity (Wildman–Crippen MR) is 161 cm³/mol. The Kier molecular flexibility index (Phi) is 10.0. The van der Waals surface area contributed by atoms with Crippen LogP contribution in [0.1, 0.15) is 31.7 Å². The number of carbonyl (C=O) groups excluding carboxylic acids is 2. The van der Waals surface area contributed by atoms with E-state index in [1.165, 1.54) is 6.07 Å². The van der Waals surface area contributed by atoms with Crippen molar-refractivity contribution in [2.75, 3.05) is 19.0 Å². The number of likely N-dealkylation sites (N-methyl/N-ethyl adjacent to an activating group) is 1. The van der Waals surface area contributed by atoms with Crippen molar-refractivity contribution in [3.8, 4) is 0 Å². The molecule has 9 nitrogen and oxygen atoms in total. The first kappa shape index (κ1) is 30.4. The van der Waals surface area contributed by atoms with Crippen LogP contribution in [-0.4, -0.2) is 55.9 Å². The molecular weight excluding hydrogens is 559 g/mol. The third kappa shape index (κ3) is 7.19. The van der Waals surface area contributed by atoms with Crippen molar-refractivity contribution >= 4 is 45.7 Å². The molecule has 1 atom stereocenters. The van der Waals surface area contributed by atoms with Gasteiger partial charge in [0.2, 0.25) is 5.91 Å². The molecule has 0 bridgehead atoms. The number of pyridine rings is 1. The monoisotopic (exact) mass is 590 g/mol. The quantitative estimate of drug-likeness (QED) is 0.203. The molecule has 42 heavy (non-hydrogen) atoms. The number of rotatable bonds is 10. The zero-order chi connectivity index (χ0) is 28.8. The van der Waals surface area contributed by atoms with Crippen LogP contribution in [0.15, 0.2) is 79.5 Å². The van der Waals surface area contributed by atoms with E-state index in [1.807, 2.05) is 34.9 Å². The maximum atomic E-state index is 13.8. The zero-order valence-corrected chi connectivity index (χ0v) is 23.1. The maximum absolute atomic E-state index is 13.8. The molecule has 5 rings (SSSR count). The molecule has 0 radical (unpaired) electrons. The van der Waals surface area contributed by atoms with Crippen molar-refractivity contribution in [3.05, 3.63) is 102 Å². The molecule has 0 spiro atoms. The minimum Gasteiger partial charge on any atom is -0.447 e. The SMILES string of the molecule is C.CN(C(=O)CCc1cccc(F)c1Cl)[C@@H](CCc1ncc2cnccn12)COC(=O)Nc1cc2ccccc2cn1. The molecule has 3 aromatic heterocycles. The van der Waals surface area contributed by atoms with E-state index >= 15 is 0 Å². The molecule has 2 aromatic carbocycles. The van der Waals surface area contributed by atoms with Crippen LogP contribution in [0.5, 0.6) is 0 Å². The average molecular weight is 591 g/mol. The molecule has 0 saturated heterocycles. The minimum absolute atomic E-state index is 0. The molecule has 0 aliphatic heterocycles. The highest BCUT2D eigenvalue weighted by Crippen LogP contribution is 2.22. The van der Waals surface area contributed by atoms with E-state index in [0.29, 0.717) is 24.2 Å². The lowest BCUT2D eigenvalue weighted by Gasteiger charge is -2.28. The Bertz CT molecular complexity index is 1690. The highest BCUT2D eigenvalue weighted by Gasteiger charge is 2.23. The summed E-state index contributed by atoms with van der Waals surface area (Å²) in [6, 6.07) is 13.5. The number of hydrogen-bond acceptors (Lipinski definition) is 6. The summed E-state index contributed by atoms with van der Waals surface area (Å²) in [6.07, 6.45) is 9.34. The fraction of sp³-hybridized carbons (Fsp3) is 0.258. The highest BCUT2D eigenvalue weighted by molar-refractivity contribution is 6.31. The number of imidazole rings is 1. The number of aromatic nitrogens is 4. The van der Waals surface area contributed by atoms with Crippen LogP contribution in [0.25, 0.3) is 16.3 Å². The van der Waals surface area contributed by atoms with Gasteiger partial charge in [-0.25, -0.2) is 19.2 Å². The number of aryl methyl sites for hydroxylation is 2. The number of nitrogens with one attached hydrogen (secondary N) is 1. The lowest BCUT2D eigenvalue weighted by molar-refractivity contribution is -0.132. The van der Waals surface area contributed by atoms with Gasteiger partial charge < -0.3 is 14.0 Å². The summed E-state index contributed by atoms with van der Waals surface area (Å²) >= 11 is 6.07. The van der Waals surface area contributed by atoms with Crippen LogP contribution in [0.2, 0.25) is 5.02 Å². The number of anilines is 1. The number of hydrogen-bond donors (Lipinski definition) is 1. The van der Waals surface area contributed by atoms with E-state index in [1.54, 1.807) is 54.9 Å². The van der Waals surface area contributed by atoms with Gasteiger partial charge in [-0.2, -0.15) is 0 Å². The van der Waals surface area contributed by atoms with Gasteiger partial charge in [0.1, 0.15) is 24.1 Å². The van der Waals surface area contributed by atoms with Crippen LogP contribution in [0.3, 0.4) is 0 Å². The van der Waals surface area contributed by atoms with Gasteiger partial charge in [-0.05, 0) is 35.9 Å². The van der Waals surface area contributed by atoms with Crippen molar-refractivity contribution in [1.82, 2.24) is 24.3 Å². The Balaban J connectivity index is 0.00000405.